The van der Waals surface area contributed by atoms with Crippen molar-refractivity contribution in [3.8, 4) is 0 Å². The van der Waals surface area contributed by atoms with E-state index in [1.54, 1.807) is 0 Å². The maximum Gasteiger partial charge on any atom is 0.306 e. The Morgan fingerprint density at radius 2 is 1.67 bits per heavy atom. The molecule has 2 N–H and O–H groups in total. The fourth-order valence-corrected chi connectivity index (χ4v) is 3.06. The number of ether oxygens (including phenoxy) is 1. The number of aliphatic hydroxyl groups excluding tert-OH is 2. The van der Waals surface area contributed by atoms with E-state index in [0.29, 0.717) is 6.42 Å². The normalized spacial score (nSPS) is 23.3. The van der Waals surface area contributed by atoms with Crippen LogP contribution in [0.25, 0.3) is 0 Å². The molecule has 0 aromatic rings. The lowest BCUT2D eigenvalue weighted by atomic mass is 9.91. The van der Waals surface area contributed by atoms with Gasteiger partial charge in [0, 0.05) is 5.92 Å². The van der Waals surface area contributed by atoms with Gasteiger partial charge in [0.05, 0.1) is 19.1 Å². The van der Waals surface area contributed by atoms with Gasteiger partial charge in [0.1, 0.15) is 6.10 Å². The zero-order valence-corrected chi connectivity index (χ0v) is 13.4. The van der Waals surface area contributed by atoms with E-state index in [4.69, 9.17) is 9.84 Å². The molecule has 1 rings (SSSR count). The molecule has 0 amide bonds. The molecule has 0 aromatic carbocycles. The van der Waals surface area contributed by atoms with Crippen LogP contribution in [0.3, 0.4) is 0 Å². The second kappa shape index (κ2) is 11.0. The second-order valence-corrected chi connectivity index (χ2v) is 6.26. The van der Waals surface area contributed by atoms with Gasteiger partial charge in [-0.25, -0.2) is 0 Å². The van der Waals surface area contributed by atoms with Crippen molar-refractivity contribution in [1.82, 2.24) is 0 Å². The zero-order valence-electron chi connectivity index (χ0n) is 13.4. The highest BCUT2D eigenvalue weighted by molar-refractivity contribution is 5.72. The van der Waals surface area contributed by atoms with Crippen LogP contribution < -0.4 is 0 Å². The molecular weight excluding hydrogens is 268 g/mol. The summed E-state index contributed by atoms with van der Waals surface area (Å²) in [6.07, 6.45) is 11.2. The summed E-state index contributed by atoms with van der Waals surface area (Å²) in [5.41, 5.74) is 0. The summed E-state index contributed by atoms with van der Waals surface area (Å²) in [5.74, 6) is -0.526. The highest BCUT2D eigenvalue weighted by Gasteiger charge is 2.38. The zero-order chi connectivity index (χ0) is 15.5. The first kappa shape index (κ1) is 18.4. The Morgan fingerprint density at radius 3 is 2.24 bits per heavy atom. The number of hydrogen-bond donors (Lipinski definition) is 2. The SMILES string of the molecule is CCCCCCCCCCC[C@@H](O)[C@@H]1CC(=O)O[C@@H]1CO. The maximum atomic E-state index is 11.2. The van der Waals surface area contributed by atoms with Crippen molar-refractivity contribution in [2.75, 3.05) is 6.61 Å². The average molecular weight is 300 g/mol. The van der Waals surface area contributed by atoms with Crippen molar-refractivity contribution in [3.63, 3.8) is 0 Å². The van der Waals surface area contributed by atoms with E-state index in [1.165, 1.54) is 44.9 Å². The number of unbranched alkanes of at least 4 members (excludes halogenated alkanes) is 8. The molecule has 0 bridgehead atoms. The minimum absolute atomic E-state index is 0.189. The van der Waals surface area contributed by atoms with Gasteiger partial charge in [-0.2, -0.15) is 0 Å². The summed E-state index contributed by atoms with van der Waals surface area (Å²) in [6, 6.07) is 0. The Balaban J connectivity index is 2.00. The molecule has 21 heavy (non-hydrogen) atoms. The minimum atomic E-state index is -0.529. The van der Waals surface area contributed by atoms with Crippen molar-refractivity contribution in [2.45, 2.75) is 89.8 Å². The third-order valence-corrected chi connectivity index (χ3v) is 4.44. The first-order valence-electron chi connectivity index (χ1n) is 8.67. The van der Waals surface area contributed by atoms with Gasteiger partial charge in [0.25, 0.3) is 0 Å². The number of rotatable bonds is 12. The van der Waals surface area contributed by atoms with E-state index < -0.39 is 12.2 Å². The highest BCUT2D eigenvalue weighted by Crippen LogP contribution is 2.27. The van der Waals surface area contributed by atoms with E-state index in [0.717, 1.165) is 12.8 Å². The standard InChI is InChI=1S/C17H32O4/c1-2-3-4-5-6-7-8-9-10-11-15(19)14-12-17(20)21-16(14)13-18/h14-16,18-19H,2-13H2,1H3/t14-,15+,16+/m0/s1. The van der Waals surface area contributed by atoms with Gasteiger partial charge in [0.2, 0.25) is 0 Å². The second-order valence-electron chi connectivity index (χ2n) is 6.26. The fourth-order valence-electron chi connectivity index (χ4n) is 3.06. The Labute approximate surface area is 128 Å². The van der Waals surface area contributed by atoms with Crippen LogP contribution in [0.1, 0.15) is 77.6 Å². The monoisotopic (exact) mass is 300 g/mol. The van der Waals surface area contributed by atoms with E-state index in [1.807, 2.05) is 0 Å². The van der Waals surface area contributed by atoms with Crippen molar-refractivity contribution in [2.24, 2.45) is 5.92 Å². The van der Waals surface area contributed by atoms with Crippen molar-refractivity contribution < 1.29 is 19.7 Å². The number of aliphatic hydroxyl groups is 2. The summed E-state index contributed by atoms with van der Waals surface area (Å²) < 4.78 is 4.99. The molecule has 1 heterocycles. The lowest BCUT2D eigenvalue weighted by Gasteiger charge is -2.20. The third-order valence-electron chi connectivity index (χ3n) is 4.44. The predicted molar refractivity (Wildman–Crippen MR) is 82.9 cm³/mol. The van der Waals surface area contributed by atoms with Gasteiger partial charge >= 0.3 is 5.97 Å². The molecule has 0 radical (unpaired) electrons. The molecule has 1 fully saturated rings. The average Bonchev–Trinajstić information content (AvgIpc) is 2.86. The molecule has 0 aliphatic carbocycles. The van der Waals surface area contributed by atoms with Crippen LogP contribution in [0.4, 0.5) is 0 Å². The summed E-state index contributed by atoms with van der Waals surface area (Å²) in [4.78, 5) is 11.2. The van der Waals surface area contributed by atoms with E-state index >= 15 is 0 Å². The number of esters is 1. The largest absolute Gasteiger partial charge is 0.459 e. The van der Waals surface area contributed by atoms with Gasteiger partial charge in [-0.3, -0.25) is 4.79 Å². The summed E-state index contributed by atoms with van der Waals surface area (Å²) >= 11 is 0. The first-order chi connectivity index (χ1) is 10.2. The van der Waals surface area contributed by atoms with Crippen molar-refractivity contribution in [3.05, 3.63) is 0 Å². The molecule has 0 saturated carbocycles. The Hall–Kier alpha value is -0.610. The molecule has 0 aromatic heterocycles. The number of carbonyl (C=O) groups excluding carboxylic acids is 1. The fraction of sp³-hybridized carbons (Fsp3) is 0.941. The van der Waals surface area contributed by atoms with E-state index in [-0.39, 0.29) is 24.9 Å². The Morgan fingerprint density at radius 1 is 1.10 bits per heavy atom. The molecule has 4 heteroatoms. The van der Waals surface area contributed by atoms with Crippen molar-refractivity contribution >= 4 is 5.97 Å². The number of carbonyl (C=O) groups is 1. The molecule has 0 spiro atoms. The van der Waals surface area contributed by atoms with Crippen LogP contribution >= 0.6 is 0 Å². The smallest absolute Gasteiger partial charge is 0.306 e. The summed E-state index contributed by atoms with van der Waals surface area (Å²) in [6.45, 7) is 2.04. The topological polar surface area (TPSA) is 66.8 Å². The number of hydrogen-bond acceptors (Lipinski definition) is 4. The van der Waals surface area contributed by atoms with Gasteiger partial charge in [0.15, 0.2) is 0 Å². The van der Waals surface area contributed by atoms with Crippen molar-refractivity contribution in [1.29, 1.82) is 0 Å². The molecule has 1 aliphatic heterocycles. The van der Waals surface area contributed by atoms with Gasteiger partial charge in [-0.1, -0.05) is 64.7 Å². The van der Waals surface area contributed by atoms with Crippen LogP contribution in [0, 0.1) is 5.92 Å². The minimum Gasteiger partial charge on any atom is -0.459 e. The maximum absolute atomic E-state index is 11.2. The quantitative estimate of drug-likeness (QED) is 0.429. The molecule has 1 aliphatic rings. The molecular formula is C17H32O4. The third kappa shape index (κ3) is 7.28. The van der Waals surface area contributed by atoms with Gasteiger partial charge in [-0.15, -0.1) is 0 Å². The molecule has 1 saturated heterocycles. The van der Waals surface area contributed by atoms with E-state index in [9.17, 15) is 9.90 Å². The van der Waals surface area contributed by atoms with Crippen LogP contribution in [-0.4, -0.2) is 35.0 Å². The van der Waals surface area contributed by atoms with Crippen LogP contribution in [0.15, 0.2) is 0 Å². The number of cyclic esters (lactones) is 1. The highest BCUT2D eigenvalue weighted by atomic mass is 16.6. The van der Waals surface area contributed by atoms with Crippen LogP contribution in [-0.2, 0) is 9.53 Å². The Kier molecular flexibility index (Phi) is 9.68. The van der Waals surface area contributed by atoms with E-state index in [2.05, 4.69) is 6.92 Å². The molecule has 0 unspecified atom stereocenters. The van der Waals surface area contributed by atoms with Gasteiger partial charge < -0.3 is 14.9 Å². The molecule has 3 atom stereocenters. The van der Waals surface area contributed by atoms with Crippen LogP contribution in [0.2, 0.25) is 0 Å². The van der Waals surface area contributed by atoms with Crippen LogP contribution in [0.5, 0.6) is 0 Å². The lowest BCUT2D eigenvalue weighted by Crippen LogP contribution is -2.30. The molecule has 124 valence electrons. The molecule has 4 nitrogen and oxygen atoms in total. The predicted octanol–water partition coefficient (Wildman–Crippen LogP) is 3.19. The summed E-state index contributed by atoms with van der Waals surface area (Å²) in [5, 5.41) is 19.3. The lowest BCUT2D eigenvalue weighted by molar-refractivity contribution is -0.143. The first-order valence-corrected chi connectivity index (χ1v) is 8.67. The summed E-state index contributed by atoms with van der Waals surface area (Å²) in [7, 11) is 0. The van der Waals surface area contributed by atoms with Gasteiger partial charge in [-0.05, 0) is 6.42 Å². The Bertz CT molecular complexity index is 280.